The van der Waals surface area contributed by atoms with Gasteiger partial charge in [-0.05, 0) is 12.8 Å². The number of aliphatic hydroxyl groups excluding tert-OH is 1. The lowest BCUT2D eigenvalue weighted by Crippen LogP contribution is -2.45. The van der Waals surface area contributed by atoms with Crippen LogP contribution in [0.5, 0.6) is 0 Å². The minimum Gasteiger partial charge on any atom is -0.476 e. The average Bonchev–Trinajstić information content (AvgIpc) is 2.37. The number of carboxylic acid groups (broad SMARTS) is 1. The second kappa shape index (κ2) is 5.31. The Morgan fingerprint density at radius 2 is 1.89 bits per heavy atom. The van der Waals surface area contributed by atoms with Crippen LogP contribution in [0.3, 0.4) is 0 Å². The maximum atomic E-state index is 11.9. The van der Waals surface area contributed by atoms with Gasteiger partial charge in [0.2, 0.25) is 0 Å². The van der Waals surface area contributed by atoms with Gasteiger partial charge in [-0.1, -0.05) is 6.42 Å². The van der Waals surface area contributed by atoms with E-state index >= 15 is 0 Å². The van der Waals surface area contributed by atoms with Crippen LogP contribution < -0.4 is 5.32 Å². The first kappa shape index (κ1) is 13.4. The zero-order chi connectivity index (χ0) is 13.9. The Labute approximate surface area is 109 Å². The highest BCUT2D eigenvalue weighted by atomic mass is 16.4. The highest BCUT2D eigenvalue weighted by molar-refractivity contribution is 6.01. The van der Waals surface area contributed by atoms with E-state index in [0.29, 0.717) is 6.54 Å². The Bertz CT molecular complexity index is 494. The number of hydrogen-bond donors (Lipinski definition) is 3. The fourth-order valence-electron chi connectivity index (χ4n) is 2.08. The van der Waals surface area contributed by atoms with Crippen LogP contribution in [0.1, 0.15) is 40.2 Å². The molecular weight excluding hydrogens is 250 g/mol. The predicted molar refractivity (Wildman–Crippen MR) is 64.7 cm³/mol. The summed E-state index contributed by atoms with van der Waals surface area (Å²) in [6.45, 7) is 0.331. The van der Waals surface area contributed by atoms with Crippen molar-refractivity contribution in [1.82, 2.24) is 15.3 Å². The third-order valence-corrected chi connectivity index (χ3v) is 3.49. The van der Waals surface area contributed by atoms with Crippen LogP contribution in [-0.2, 0) is 0 Å². The number of rotatable bonds is 5. The minimum absolute atomic E-state index is 0.0134. The van der Waals surface area contributed by atoms with Gasteiger partial charge in [-0.25, -0.2) is 14.8 Å². The molecule has 3 N–H and O–H groups in total. The molecule has 19 heavy (non-hydrogen) atoms. The minimum atomic E-state index is -1.29. The van der Waals surface area contributed by atoms with E-state index < -0.39 is 11.9 Å². The molecular formula is C12H15N3O4. The van der Waals surface area contributed by atoms with Gasteiger partial charge in [0.05, 0.1) is 6.61 Å². The van der Waals surface area contributed by atoms with Crippen LogP contribution in [0.25, 0.3) is 0 Å². The van der Waals surface area contributed by atoms with E-state index in [1.54, 1.807) is 0 Å². The van der Waals surface area contributed by atoms with Gasteiger partial charge < -0.3 is 15.5 Å². The highest BCUT2D eigenvalue weighted by Crippen LogP contribution is 2.39. The van der Waals surface area contributed by atoms with E-state index in [9.17, 15) is 14.7 Å². The summed E-state index contributed by atoms with van der Waals surface area (Å²) in [5.41, 5.74) is -0.838. The van der Waals surface area contributed by atoms with Gasteiger partial charge >= 0.3 is 5.97 Å². The number of carbonyl (C=O) groups excluding carboxylic acids is 1. The molecule has 1 fully saturated rings. The molecule has 0 unspecified atom stereocenters. The highest BCUT2D eigenvalue weighted by Gasteiger charge is 2.36. The summed E-state index contributed by atoms with van der Waals surface area (Å²) in [5, 5.41) is 20.8. The van der Waals surface area contributed by atoms with Crippen molar-refractivity contribution in [1.29, 1.82) is 0 Å². The predicted octanol–water partition coefficient (Wildman–Crippen LogP) is 0.0672. The Hall–Kier alpha value is -2.02. The second-order valence-corrected chi connectivity index (χ2v) is 4.75. The molecule has 1 amide bonds. The summed E-state index contributed by atoms with van der Waals surface area (Å²) in [6, 6.07) is 0. The molecule has 0 spiro atoms. The zero-order valence-electron chi connectivity index (χ0n) is 10.3. The summed E-state index contributed by atoms with van der Waals surface area (Å²) in [7, 11) is 0. The first-order valence-electron chi connectivity index (χ1n) is 6.01. The van der Waals surface area contributed by atoms with Crippen molar-refractivity contribution in [3.05, 3.63) is 23.8 Å². The van der Waals surface area contributed by atoms with Gasteiger partial charge in [0, 0.05) is 24.4 Å². The quantitative estimate of drug-likeness (QED) is 0.694. The first-order valence-corrected chi connectivity index (χ1v) is 6.01. The molecule has 102 valence electrons. The lowest BCUT2D eigenvalue weighted by molar-refractivity contribution is 0.0426. The van der Waals surface area contributed by atoms with Crippen molar-refractivity contribution in [3.63, 3.8) is 0 Å². The van der Waals surface area contributed by atoms with Crippen molar-refractivity contribution < 1.29 is 19.8 Å². The van der Waals surface area contributed by atoms with Crippen LogP contribution in [0, 0.1) is 5.41 Å². The Balaban J connectivity index is 2.06. The smallest absolute Gasteiger partial charge is 0.356 e. The lowest BCUT2D eigenvalue weighted by Gasteiger charge is -2.40. The summed E-state index contributed by atoms with van der Waals surface area (Å²) in [6.07, 6.45) is 5.24. The molecule has 1 aliphatic rings. The topological polar surface area (TPSA) is 112 Å². The Kier molecular flexibility index (Phi) is 3.75. The third-order valence-electron chi connectivity index (χ3n) is 3.49. The monoisotopic (exact) mass is 265 g/mol. The molecule has 1 aromatic heterocycles. The molecule has 2 rings (SSSR count). The van der Waals surface area contributed by atoms with E-state index in [4.69, 9.17) is 5.11 Å². The zero-order valence-corrected chi connectivity index (χ0v) is 10.3. The molecule has 0 aromatic carbocycles. The van der Waals surface area contributed by atoms with Crippen LogP contribution >= 0.6 is 0 Å². The first-order chi connectivity index (χ1) is 9.08. The number of hydrogen-bond acceptors (Lipinski definition) is 5. The van der Waals surface area contributed by atoms with Gasteiger partial charge in [-0.3, -0.25) is 4.79 Å². The van der Waals surface area contributed by atoms with Gasteiger partial charge in [0.15, 0.2) is 11.4 Å². The van der Waals surface area contributed by atoms with Gasteiger partial charge in [-0.2, -0.15) is 0 Å². The number of carboxylic acids is 1. The lowest BCUT2D eigenvalue weighted by atomic mass is 9.69. The van der Waals surface area contributed by atoms with E-state index in [2.05, 4.69) is 15.3 Å². The molecule has 0 bridgehead atoms. The number of carbonyl (C=O) groups is 2. The standard InChI is InChI=1S/C12H15N3O4/c16-7-12(2-1-3-12)6-15-10(17)8-9(11(18)19)14-5-4-13-8/h4-5,16H,1-3,6-7H2,(H,15,17)(H,18,19). The maximum absolute atomic E-state index is 11.9. The number of nitrogens with one attached hydrogen (secondary N) is 1. The number of aromatic nitrogens is 2. The molecule has 1 aromatic rings. The number of amides is 1. The average molecular weight is 265 g/mol. The molecule has 1 aliphatic carbocycles. The van der Waals surface area contributed by atoms with Crippen molar-refractivity contribution in [3.8, 4) is 0 Å². The van der Waals surface area contributed by atoms with E-state index in [1.807, 2.05) is 0 Å². The van der Waals surface area contributed by atoms with Gasteiger partial charge in [0.1, 0.15) is 0 Å². The van der Waals surface area contributed by atoms with Crippen molar-refractivity contribution in [2.24, 2.45) is 5.41 Å². The van der Waals surface area contributed by atoms with Crippen LogP contribution in [-0.4, -0.2) is 45.2 Å². The fraction of sp³-hybridized carbons (Fsp3) is 0.500. The molecule has 1 saturated carbocycles. The third kappa shape index (κ3) is 2.70. The van der Waals surface area contributed by atoms with E-state index in [-0.39, 0.29) is 23.4 Å². The second-order valence-electron chi connectivity index (χ2n) is 4.75. The van der Waals surface area contributed by atoms with Gasteiger partial charge in [0.25, 0.3) is 5.91 Å². The summed E-state index contributed by atoms with van der Waals surface area (Å²) < 4.78 is 0. The maximum Gasteiger partial charge on any atom is 0.356 e. The van der Waals surface area contributed by atoms with Crippen LogP contribution in [0.15, 0.2) is 12.4 Å². The number of aromatic carboxylic acids is 1. The number of nitrogens with zero attached hydrogens (tertiary/aromatic N) is 2. The molecule has 0 atom stereocenters. The SMILES string of the molecule is O=C(O)c1nccnc1C(=O)NCC1(CO)CCC1. The largest absolute Gasteiger partial charge is 0.476 e. The Morgan fingerprint density at radius 3 is 2.37 bits per heavy atom. The van der Waals surface area contributed by atoms with E-state index in [1.165, 1.54) is 12.4 Å². The van der Waals surface area contributed by atoms with Gasteiger partial charge in [-0.15, -0.1) is 0 Å². The summed E-state index contributed by atoms with van der Waals surface area (Å²) >= 11 is 0. The number of aliphatic hydroxyl groups is 1. The molecule has 0 aliphatic heterocycles. The Morgan fingerprint density at radius 1 is 1.26 bits per heavy atom. The summed E-state index contributed by atoms with van der Waals surface area (Å²) in [4.78, 5) is 30.2. The van der Waals surface area contributed by atoms with Crippen molar-refractivity contribution >= 4 is 11.9 Å². The van der Waals surface area contributed by atoms with Crippen LogP contribution in [0.4, 0.5) is 0 Å². The van der Waals surface area contributed by atoms with Crippen molar-refractivity contribution in [2.45, 2.75) is 19.3 Å². The molecule has 0 saturated heterocycles. The molecule has 7 nitrogen and oxygen atoms in total. The molecule has 7 heteroatoms. The fourth-order valence-corrected chi connectivity index (χ4v) is 2.08. The molecule has 1 heterocycles. The summed E-state index contributed by atoms with van der Waals surface area (Å²) in [5.74, 6) is -1.87. The normalized spacial score (nSPS) is 16.5. The molecule has 0 radical (unpaired) electrons. The van der Waals surface area contributed by atoms with Crippen molar-refractivity contribution in [2.75, 3.05) is 13.2 Å². The van der Waals surface area contributed by atoms with E-state index in [0.717, 1.165) is 19.3 Å². The van der Waals surface area contributed by atoms with Crippen LogP contribution in [0.2, 0.25) is 0 Å².